The van der Waals surface area contributed by atoms with Crippen LogP contribution < -0.4 is 5.32 Å². The van der Waals surface area contributed by atoms with Gasteiger partial charge in [0.1, 0.15) is 0 Å². The predicted octanol–water partition coefficient (Wildman–Crippen LogP) is 3.61. The van der Waals surface area contributed by atoms with Crippen molar-refractivity contribution in [1.29, 1.82) is 0 Å². The summed E-state index contributed by atoms with van der Waals surface area (Å²) in [5.74, 6) is 1.78. The number of nitrogens with one attached hydrogen (secondary N) is 1. The Morgan fingerprint density at radius 1 is 1.18 bits per heavy atom. The highest BCUT2D eigenvalue weighted by atomic mass is 16.5. The molecule has 1 rings (SSSR count). The molecule has 1 fully saturated rings. The van der Waals surface area contributed by atoms with E-state index >= 15 is 0 Å². The van der Waals surface area contributed by atoms with E-state index in [0.29, 0.717) is 6.04 Å². The van der Waals surface area contributed by atoms with Gasteiger partial charge in [-0.1, -0.05) is 46.5 Å². The lowest BCUT2D eigenvalue weighted by Gasteiger charge is -2.25. The van der Waals surface area contributed by atoms with Crippen molar-refractivity contribution in [2.24, 2.45) is 11.8 Å². The van der Waals surface area contributed by atoms with Gasteiger partial charge in [-0.15, -0.1) is 0 Å². The molecule has 0 aliphatic heterocycles. The topological polar surface area (TPSA) is 21.3 Å². The van der Waals surface area contributed by atoms with Gasteiger partial charge >= 0.3 is 0 Å². The molecular formula is C15H31NO. The second-order valence-corrected chi connectivity index (χ2v) is 5.77. The molecule has 1 saturated carbocycles. The maximum atomic E-state index is 5.65. The molecule has 2 heteroatoms. The minimum Gasteiger partial charge on any atom is -0.381 e. The smallest absolute Gasteiger partial charge is 0.0469 e. The van der Waals surface area contributed by atoms with Crippen LogP contribution in [-0.2, 0) is 4.74 Å². The molecule has 0 aromatic rings. The fraction of sp³-hybridized carbons (Fsp3) is 1.00. The normalized spacial score (nSPS) is 19.1. The summed E-state index contributed by atoms with van der Waals surface area (Å²) in [6, 6.07) is 0.607. The number of rotatable bonds is 9. The fourth-order valence-corrected chi connectivity index (χ4v) is 2.80. The van der Waals surface area contributed by atoms with E-state index in [2.05, 4.69) is 26.1 Å². The zero-order valence-electron chi connectivity index (χ0n) is 12.0. The molecule has 0 aromatic carbocycles. The Balaban J connectivity index is 2.24. The van der Waals surface area contributed by atoms with Crippen LogP contribution in [-0.4, -0.2) is 25.8 Å². The van der Waals surface area contributed by atoms with Crippen LogP contribution in [0.4, 0.5) is 0 Å². The Labute approximate surface area is 108 Å². The third-order valence-electron chi connectivity index (χ3n) is 3.84. The Kier molecular flexibility index (Phi) is 7.87. The predicted molar refractivity (Wildman–Crippen MR) is 74.3 cm³/mol. The zero-order valence-corrected chi connectivity index (χ0v) is 12.0. The first-order chi connectivity index (χ1) is 8.24. The fourth-order valence-electron chi connectivity index (χ4n) is 2.80. The van der Waals surface area contributed by atoms with Crippen molar-refractivity contribution in [3.63, 3.8) is 0 Å². The Morgan fingerprint density at radius 3 is 2.47 bits per heavy atom. The van der Waals surface area contributed by atoms with E-state index in [4.69, 9.17) is 4.74 Å². The molecule has 17 heavy (non-hydrogen) atoms. The van der Waals surface area contributed by atoms with Gasteiger partial charge in [-0.25, -0.2) is 0 Å². The average Bonchev–Trinajstić information content (AvgIpc) is 2.81. The van der Waals surface area contributed by atoms with Crippen LogP contribution in [0.1, 0.15) is 59.3 Å². The molecular weight excluding hydrogens is 210 g/mol. The SMILES string of the molecule is CCCOCCC(CNC(C)C)C1CCCC1. The molecule has 0 radical (unpaired) electrons. The van der Waals surface area contributed by atoms with Crippen molar-refractivity contribution < 1.29 is 4.74 Å². The molecule has 1 N–H and O–H groups in total. The minimum atomic E-state index is 0.607. The van der Waals surface area contributed by atoms with Gasteiger partial charge in [0.2, 0.25) is 0 Å². The van der Waals surface area contributed by atoms with E-state index in [-0.39, 0.29) is 0 Å². The monoisotopic (exact) mass is 241 g/mol. The third kappa shape index (κ3) is 6.42. The first-order valence-corrected chi connectivity index (χ1v) is 7.55. The Morgan fingerprint density at radius 2 is 1.88 bits per heavy atom. The van der Waals surface area contributed by atoms with E-state index in [1.54, 1.807) is 0 Å². The molecule has 1 aliphatic carbocycles. The summed E-state index contributed by atoms with van der Waals surface area (Å²) in [6.07, 6.45) is 8.15. The van der Waals surface area contributed by atoms with Gasteiger partial charge in [-0.3, -0.25) is 0 Å². The van der Waals surface area contributed by atoms with Gasteiger partial charge < -0.3 is 10.1 Å². The van der Waals surface area contributed by atoms with Crippen molar-refractivity contribution >= 4 is 0 Å². The summed E-state index contributed by atoms with van der Waals surface area (Å²) >= 11 is 0. The van der Waals surface area contributed by atoms with Crippen LogP contribution in [0.2, 0.25) is 0 Å². The highest BCUT2D eigenvalue weighted by molar-refractivity contribution is 4.77. The second-order valence-electron chi connectivity index (χ2n) is 5.77. The molecule has 0 saturated heterocycles. The first kappa shape index (κ1) is 15.0. The second kappa shape index (κ2) is 8.93. The highest BCUT2D eigenvalue weighted by Gasteiger charge is 2.24. The van der Waals surface area contributed by atoms with E-state index in [0.717, 1.165) is 31.5 Å². The average molecular weight is 241 g/mol. The maximum absolute atomic E-state index is 5.65. The first-order valence-electron chi connectivity index (χ1n) is 7.55. The molecule has 0 spiro atoms. The van der Waals surface area contributed by atoms with Crippen molar-refractivity contribution in [3.05, 3.63) is 0 Å². The lowest BCUT2D eigenvalue weighted by molar-refractivity contribution is 0.110. The van der Waals surface area contributed by atoms with Gasteiger partial charge in [0.05, 0.1) is 0 Å². The molecule has 1 atom stereocenters. The van der Waals surface area contributed by atoms with Crippen LogP contribution in [0, 0.1) is 11.8 Å². The lowest BCUT2D eigenvalue weighted by Crippen LogP contribution is -2.32. The van der Waals surface area contributed by atoms with Crippen LogP contribution in [0.5, 0.6) is 0 Å². The van der Waals surface area contributed by atoms with E-state index in [1.807, 2.05) is 0 Å². The van der Waals surface area contributed by atoms with Crippen LogP contribution in [0.15, 0.2) is 0 Å². The molecule has 1 aliphatic rings. The largest absolute Gasteiger partial charge is 0.381 e. The summed E-state index contributed by atoms with van der Waals surface area (Å²) < 4.78 is 5.65. The Hall–Kier alpha value is -0.0800. The third-order valence-corrected chi connectivity index (χ3v) is 3.84. The molecule has 0 heterocycles. The molecule has 2 nitrogen and oxygen atoms in total. The molecule has 102 valence electrons. The summed E-state index contributed by atoms with van der Waals surface area (Å²) in [5.41, 5.74) is 0. The molecule has 1 unspecified atom stereocenters. The molecule has 0 amide bonds. The maximum Gasteiger partial charge on any atom is 0.0469 e. The summed E-state index contributed by atoms with van der Waals surface area (Å²) in [6.45, 7) is 9.70. The minimum absolute atomic E-state index is 0.607. The number of hydrogen-bond donors (Lipinski definition) is 1. The number of hydrogen-bond acceptors (Lipinski definition) is 2. The van der Waals surface area contributed by atoms with Gasteiger partial charge in [0.15, 0.2) is 0 Å². The van der Waals surface area contributed by atoms with Crippen molar-refractivity contribution in [1.82, 2.24) is 5.32 Å². The van der Waals surface area contributed by atoms with Crippen LogP contribution in [0.25, 0.3) is 0 Å². The quantitative estimate of drug-likeness (QED) is 0.623. The lowest BCUT2D eigenvalue weighted by atomic mass is 9.88. The highest BCUT2D eigenvalue weighted by Crippen LogP contribution is 2.32. The summed E-state index contributed by atoms with van der Waals surface area (Å²) in [7, 11) is 0. The molecule has 0 bridgehead atoms. The van der Waals surface area contributed by atoms with Gasteiger partial charge in [-0.2, -0.15) is 0 Å². The standard InChI is InChI=1S/C15H31NO/c1-4-10-17-11-9-15(12-16-13(2)3)14-7-5-6-8-14/h13-16H,4-12H2,1-3H3. The van der Waals surface area contributed by atoms with Gasteiger partial charge in [-0.05, 0) is 31.2 Å². The van der Waals surface area contributed by atoms with Crippen molar-refractivity contribution in [2.45, 2.75) is 65.3 Å². The Bertz CT molecular complexity index is 176. The number of ether oxygens (including phenoxy) is 1. The van der Waals surface area contributed by atoms with Gasteiger partial charge in [0.25, 0.3) is 0 Å². The molecule has 0 aromatic heterocycles. The van der Waals surface area contributed by atoms with E-state index in [1.165, 1.54) is 38.6 Å². The zero-order chi connectivity index (χ0) is 12.5. The van der Waals surface area contributed by atoms with Crippen molar-refractivity contribution in [3.8, 4) is 0 Å². The summed E-state index contributed by atoms with van der Waals surface area (Å²) in [4.78, 5) is 0. The van der Waals surface area contributed by atoms with Crippen LogP contribution in [0.3, 0.4) is 0 Å². The van der Waals surface area contributed by atoms with Gasteiger partial charge in [0, 0.05) is 19.3 Å². The van der Waals surface area contributed by atoms with Crippen LogP contribution >= 0.6 is 0 Å². The summed E-state index contributed by atoms with van der Waals surface area (Å²) in [5, 5.41) is 3.61. The van der Waals surface area contributed by atoms with Crippen molar-refractivity contribution in [2.75, 3.05) is 19.8 Å². The van der Waals surface area contributed by atoms with E-state index in [9.17, 15) is 0 Å². The van der Waals surface area contributed by atoms with E-state index < -0.39 is 0 Å².